The Morgan fingerprint density at radius 3 is 2.68 bits per heavy atom. The highest BCUT2D eigenvalue weighted by molar-refractivity contribution is 9.10. The van der Waals surface area contributed by atoms with Gasteiger partial charge in [-0.3, -0.25) is 5.32 Å². The fourth-order valence-electron chi connectivity index (χ4n) is 1.76. The first-order valence-electron chi connectivity index (χ1n) is 5.85. The highest BCUT2D eigenvalue weighted by Crippen LogP contribution is 2.26. The van der Waals surface area contributed by atoms with Gasteiger partial charge in [-0.25, -0.2) is 0 Å². The van der Waals surface area contributed by atoms with Gasteiger partial charge in [-0.15, -0.1) is 6.42 Å². The van der Waals surface area contributed by atoms with E-state index in [-0.39, 0.29) is 0 Å². The summed E-state index contributed by atoms with van der Waals surface area (Å²) in [6, 6.07) is 4.06. The van der Waals surface area contributed by atoms with Gasteiger partial charge in [0.1, 0.15) is 0 Å². The van der Waals surface area contributed by atoms with Crippen LogP contribution in [0.15, 0.2) is 21.1 Å². The maximum atomic E-state index is 5.17. The molecule has 1 aromatic carbocycles. The van der Waals surface area contributed by atoms with Gasteiger partial charge >= 0.3 is 0 Å². The molecule has 1 N–H and O–H groups in total. The Hall–Kier alpha value is -1.64. The van der Waals surface area contributed by atoms with E-state index in [1.807, 2.05) is 26.0 Å². The van der Waals surface area contributed by atoms with Gasteiger partial charge in [-0.2, -0.15) is 4.98 Å². The molecule has 0 aliphatic rings. The number of terminal acetylenes is 1. The minimum Gasteiger partial charge on any atom is -0.338 e. The lowest BCUT2D eigenvalue weighted by molar-refractivity contribution is 0.370. The molecule has 0 fully saturated rings. The van der Waals surface area contributed by atoms with E-state index >= 15 is 0 Å². The van der Waals surface area contributed by atoms with Gasteiger partial charge in [0.15, 0.2) is 0 Å². The molecule has 2 aromatic rings. The molecule has 0 amide bonds. The van der Waals surface area contributed by atoms with Gasteiger partial charge in [0, 0.05) is 10.0 Å². The van der Waals surface area contributed by atoms with Crippen LogP contribution in [-0.4, -0.2) is 16.7 Å². The Labute approximate surface area is 120 Å². The van der Waals surface area contributed by atoms with E-state index in [0.717, 1.165) is 21.2 Å². The lowest BCUT2D eigenvalue weighted by Gasteiger charge is -2.04. The van der Waals surface area contributed by atoms with Crippen LogP contribution in [0.3, 0.4) is 0 Å². The smallest absolute Gasteiger partial charge is 0.240 e. The number of aryl methyl sites for hydroxylation is 2. The summed E-state index contributed by atoms with van der Waals surface area (Å²) < 4.78 is 6.28. The highest BCUT2D eigenvalue weighted by atomic mass is 79.9. The van der Waals surface area contributed by atoms with Crippen molar-refractivity contribution in [2.24, 2.45) is 0 Å². The maximum Gasteiger partial charge on any atom is 0.240 e. The minimum atomic E-state index is 0.478. The van der Waals surface area contributed by atoms with Gasteiger partial charge in [0.2, 0.25) is 11.7 Å². The van der Waals surface area contributed by atoms with Crippen molar-refractivity contribution in [2.45, 2.75) is 20.4 Å². The molecule has 0 aliphatic carbocycles. The van der Waals surface area contributed by atoms with E-state index < -0.39 is 0 Å². The Kier molecular flexibility index (Phi) is 4.35. The summed E-state index contributed by atoms with van der Waals surface area (Å²) >= 11 is 3.54. The molecule has 0 saturated heterocycles. The summed E-state index contributed by atoms with van der Waals surface area (Å²) in [7, 11) is 0. The van der Waals surface area contributed by atoms with Crippen LogP contribution in [0.5, 0.6) is 0 Å². The molecule has 0 saturated carbocycles. The number of rotatable bonds is 4. The average Bonchev–Trinajstić information content (AvgIpc) is 2.84. The van der Waals surface area contributed by atoms with Gasteiger partial charge < -0.3 is 4.52 Å². The van der Waals surface area contributed by atoms with Crippen LogP contribution in [0.2, 0.25) is 0 Å². The van der Waals surface area contributed by atoms with Crippen molar-refractivity contribution in [2.75, 3.05) is 6.54 Å². The van der Waals surface area contributed by atoms with Crippen LogP contribution in [-0.2, 0) is 6.54 Å². The molecule has 0 spiro atoms. The van der Waals surface area contributed by atoms with E-state index in [9.17, 15) is 0 Å². The molecule has 19 heavy (non-hydrogen) atoms. The Morgan fingerprint density at radius 1 is 1.37 bits per heavy atom. The predicted octanol–water partition coefficient (Wildman–Crippen LogP) is 2.84. The Bertz CT molecular complexity index is 605. The first-order chi connectivity index (χ1) is 9.11. The summed E-state index contributed by atoms with van der Waals surface area (Å²) in [5.41, 5.74) is 3.24. The summed E-state index contributed by atoms with van der Waals surface area (Å²) in [5, 5.41) is 6.99. The van der Waals surface area contributed by atoms with Crippen molar-refractivity contribution in [3.63, 3.8) is 0 Å². The van der Waals surface area contributed by atoms with Crippen LogP contribution in [0.25, 0.3) is 11.4 Å². The number of halogens is 1. The van der Waals surface area contributed by atoms with Gasteiger partial charge in [0.05, 0.1) is 13.1 Å². The second kappa shape index (κ2) is 6.00. The zero-order chi connectivity index (χ0) is 13.8. The normalized spacial score (nSPS) is 10.4. The maximum absolute atomic E-state index is 5.17. The zero-order valence-electron chi connectivity index (χ0n) is 10.8. The molecule has 0 atom stereocenters. The van der Waals surface area contributed by atoms with Gasteiger partial charge in [0.25, 0.3) is 0 Å². The fourth-order valence-corrected chi connectivity index (χ4v) is 1.99. The molecule has 0 aliphatic heterocycles. The third-order valence-corrected chi connectivity index (χ3v) is 3.92. The van der Waals surface area contributed by atoms with E-state index in [2.05, 4.69) is 37.3 Å². The molecule has 0 bridgehead atoms. The SMILES string of the molecule is C#CCNCc1nc(-c2cc(C)c(Br)c(C)c2)no1. The second-order valence-electron chi connectivity index (χ2n) is 4.24. The van der Waals surface area contributed by atoms with Crippen molar-refractivity contribution in [3.05, 3.63) is 33.6 Å². The first kappa shape index (κ1) is 13.8. The number of benzene rings is 1. The van der Waals surface area contributed by atoms with Crippen LogP contribution in [0.1, 0.15) is 17.0 Å². The summed E-state index contributed by atoms with van der Waals surface area (Å²) in [4.78, 5) is 4.34. The lowest BCUT2D eigenvalue weighted by Crippen LogP contribution is -2.13. The lowest BCUT2D eigenvalue weighted by atomic mass is 10.1. The number of aromatic nitrogens is 2. The van der Waals surface area contributed by atoms with Crippen molar-refractivity contribution < 1.29 is 4.52 Å². The molecule has 0 radical (unpaired) electrons. The number of nitrogens with one attached hydrogen (secondary N) is 1. The topological polar surface area (TPSA) is 51.0 Å². The monoisotopic (exact) mass is 319 g/mol. The predicted molar refractivity (Wildman–Crippen MR) is 77.4 cm³/mol. The summed E-state index contributed by atoms with van der Waals surface area (Å²) in [5.74, 6) is 3.62. The van der Waals surface area contributed by atoms with Crippen molar-refractivity contribution >= 4 is 15.9 Å². The number of hydrogen-bond donors (Lipinski definition) is 1. The van der Waals surface area contributed by atoms with E-state index in [1.54, 1.807) is 0 Å². The standard InChI is InChI=1S/C14H14BrN3O/c1-4-5-16-8-12-17-14(18-19-12)11-6-9(2)13(15)10(3)7-11/h1,6-7,16H,5,8H2,2-3H3. The molecule has 98 valence electrons. The Balaban J connectivity index is 2.21. The fraction of sp³-hybridized carbons (Fsp3) is 0.286. The number of nitrogens with zero attached hydrogens (tertiary/aromatic N) is 2. The largest absolute Gasteiger partial charge is 0.338 e. The highest BCUT2D eigenvalue weighted by Gasteiger charge is 2.10. The van der Waals surface area contributed by atoms with E-state index in [0.29, 0.717) is 24.8 Å². The molecule has 4 nitrogen and oxygen atoms in total. The van der Waals surface area contributed by atoms with E-state index in [4.69, 9.17) is 10.9 Å². The molecule has 1 heterocycles. The second-order valence-corrected chi connectivity index (χ2v) is 5.04. The third-order valence-electron chi connectivity index (χ3n) is 2.67. The van der Waals surface area contributed by atoms with Crippen LogP contribution >= 0.6 is 15.9 Å². The Morgan fingerprint density at radius 2 is 2.05 bits per heavy atom. The third kappa shape index (κ3) is 3.22. The van der Waals surface area contributed by atoms with Crippen molar-refractivity contribution in [3.8, 4) is 23.7 Å². The van der Waals surface area contributed by atoms with Crippen LogP contribution < -0.4 is 5.32 Å². The molecule has 5 heteroatoms. The minimum absolute atomic E-state index is 0.478. The van der Waals surface area contributed by atoms with Crippen LogP contribution in [0.4, 0.5) is 0 Å². The van der Waals surface area contributed by atoms with Crippen molar-refractivity contribution in [1.29, 1.82) is 0 Å². The van der Waals surface area contributed by atoms with Crippen molar-refractivity contribution in [1.82, 2.24) is 15.5 Å². The van der Waals surface area contributed by atoms with E-state index in [1.165, 1.54) is 0 Å². The molecular weight excluding hydrogens is 306 g/mol. The quantitative estimate of drug-likeness (QED) is 0.695. The van der Waals surface area contributed by atoms with Crippen LogP contribution in [0, 0.1) is 26.2 Å². The first-order valence-corrected chi connectivity index (χ1v) is 6.65. The zero-order valence-corrected chi connectivity index (χ0v) is 12.4. The molecular formula is C14H14BrN3O. The molecule has 2 rings (SSSR count). The average molecular weight is 320 g/mol. The molecule has 1 aromatic heterocycles. The number of hydrogen-bond acceptors (Lipinski definition) is 4. The summed E-state index contributed by atoms with van der Waals surface area (Å²) in [6.07, 6.45) is 5.15. The van der Waals surface area contributed by atoms with Gasteiger partial charge in [-0.05, 0) is 37.1 Å². The molecule has 0 unspecified atom stereocenters. The van der Waals surface area contributed by atoms with Gasteiger partial charge in [-0.1, -0.05) is 27.0 Å². The summed E-state index contributed by atoms with van der Waals surface area (Å²) in [6.45, 7) is 5.03.